The lowest BCUT2D eigenvalue weighted by Gasteiger charge is -2.12. The maximum absolute atomic E-state index is 4.12. The molecule has 0 aliphatic heterocycles. The van der Waals surface area contributed by atoms with Crippen molar-refractivity contribution in [2.75, 3.05) is 0 Å². The summed E-state index contributed by atoms with van der Waals surface area (Å²) in [6.07, 6.45) is 0. The number of hydrogen-bond acceptors (Lipinski definition) is 4. The molecular weight excluding hydrogens is 214 g/mol. The highest BCUT2D eigenvalue weighted by Gasteiger charge is 2.06. The summed E-state index contributed by atoms with van der Waals surface area (Å²) >= 11 is 0. The van der Waals surface area contributed by atoms with Crippen molar-refractivity contribution in [3.05, 3.63) is 41.2 Å². The quantitative estimate of drug-likeness (QED) is 0.863. The van der Waals surface area contributed by atoms with E-state index in [4.69, 9.17) is 0 Å². The predicted molar refractivity (Wildman–Crippen MR) is 65.2 cm³/mol. The van der Waals surface area contributed by atoms with E-state index in [9.17, 15) is 0 Å². The van der Waals surface area contributed by atoms with E-state index in [0.717, 1.165) is 0 Å². The first-order chi connectivity index (χ1) is 8.15. The number of tetrazole rings is 1. The van der Waals surface area contributed by atoms with Crippen LogP contribution in [0.15, 0.2) is 24.3 Å². The van der Waals surface area contributed by atoms with E-state index in [0.29, 0.717) is 12.4 Å². The molecule has 2 rings (SSSR count). The van der Waals surface area contributed by atoms with Gasteiger partial charge in [-0.25, -0.2) is 0 Å². The van der Waals surface area contributed by atoms with Gasteiger partial charge in [-0.15, -0.1) is 10.2 Å². The minimum atomic E-state index is 0.277. The SMILES string of the molecule is Cc1ccc([C@H](C)NCc2nnn(C)n2)cc1. The number of rotatable bonds is 4. The third-order valence-electron chi connectivity index (χ3n) is 2.69. The monoisotopic (exact) mass is 231 g/mol. The Hall–Kier alpha value is -1.75. The van der Waals surface area contributed by atoms with Crippen LogP contribution in [-0.2, 0) is 13.6 Å². The van der Waals surface area contributed by atoms with Crippen molar-refractivity contribution in [3.8, 4) is 0 Å². The Morgan fingerprint density at radius 2 is 2.00 bits per heavy atom. The summed E-state index contributed by atoms with van der Waals surface area (Å²) in [5.41, 5.74) is 2.54. The fourth-order valence-electron chi connectivity index (χ4n) is 1.61. The molecule has 0 unspecified atom stereocenters. The minimum Gasteiger partial charge on any atom is -0.303 e. The van der Waals surface area contributed by atoms with Gasteiger partial charge in [-0.05, 0) is 24.6 Å². The van der Waals surface area contributed by atoms with E-state index in [2.05, 4.69) is 58.8 Å². The third kappa shape index (κ3) is 3.10. The second-order valence-corrected chi connectivity index (χ2v) is 4.21. The molecule has 0 saturated heterocycles. The van der Waals surface area contributed by atoms with Crippen LogP contribution in [0.25, 0.3) is 0 Å². The highest BCUT2D eigenvalue weighted by molar-refractivity contribution is 5.23. The number of nitrogens with zero attached hydrogens (tertiary/aromatic N) is 4. The van der Waals surface area contributed by atoms with Crippen molar-refractivity contribution in [3.63, 3.8) is 0 Å². The van der Waals surface area contributed by atoms with Crippen LogP contribution < -0.4 is 5.32 Å². The number of benzene rings is 1. The van der Waals surface area contributed by atoms with Gasteiger partial charge < -0.3 is 5.32 Å². The summed E-state index contributed by atoms with van der Waals surface area (Å²) < 4.78 is 0. The van der Waals surface area contributed by atoms with Gasteiger partial charge in [0.25, 0.3) is 0 Å². The smallest absolute Gasteiger partial charge is 0.188 e. The molecule has 0 radical (unpaired) electrons. The van der Waals surface area contributed by atoms with Gasteiger partial charge in [-0.1, -0.05) is 29.8 Å². The molecule has 1 heterocycles. The van der Waals surface area contributed by atoms with Crippen LogP contribution in [0.1, 0.15) is 29.9 Å². The number of aromatic nitrogens is 4. The number of nitrogens with one attached hydrogen (secondary N) is 1. The van der Waals surface area contributed by atoms with E-state index in [1.807, 2.05) is 0 Å². The first kappa shape index (κ1) is 11.7. The first-order valence-corrected chi connectivity index (χ1v) is 5.68. The van der Waals surface area contributed by atoms with Crippen LogP contribution >= 0.6 is 0 Å². The third-order valence-corrected chi connectivity index (χ3v) is 2.69. The molecule has 0 aliphatic rings. The molecule has 17 heavy (non-hydrogen) atoms. The molecule has 0 fully saturated rings. The molecule has 90 valence electrons. The summed E-state index contributed by atoms with van der Waals surface area (Å²) in [5, 5.41) is 15.2. The second kappa shape index (κ2) is 5.05. The Balaban J connectivity index is 1.93. The van der Waals surface area contributed by atoms with Crippen LogP contribution in [0.2, 0.25) is 0 Å². The van der Waals surface area contributed by atoms with Gasteiger partial charge in [0.05, 0.1) is 13.6 Å². The maximum Gasteiger partial charge on any atom is 0.188 e. The van der Waals surface area contributed by atoms with E-state index in [1.54, 1.807) is 7.05 Å². The molecule has 0 spiro atoms. The molecule has 2 aromatic rings. The van der Waals surface area contributed by atoms with Crippen LogP contribution in [0.5, 0.6) is 0 Å². The van der Waals surface area contributed by atoms with E-state index < -0.39 is 0 Å². The van der Waals surface area contributed by atoms with Crippen molar-refractivity contribution in [2.24, 2.45) is 7.05 Å². The summed E-state index contributed by atoms with van der Waals surface area (Å²) in [7, 11) is 1.76. The average molecular weight is 231 g/mol. The Morgan fingerprint density at radius 1 is 1.29 bits per heavy atom. The highest BCUT2D eigenvalue weighted by Crippen LogP contribution is 2.13. The van der Waals surface area contributed by atoms with E-state index in [-0.39, 0.29) is 6.04 Å². The van der Waals surface area contributed by atoms with Crippen LogP contribution in [-0.4, -0.2) is 20.2 Å². The average Bonchev–Trinajstić information content (AvgIpc) is 2.73. The summed E-state index contributed by atoms with van der Waals surface area (Å²) in [4.78, 5) is 1.47. The summed E-state index contributed by atoms with van der Waals surface area (Å²) in [6.45, 7) is 4.84. The minimum absolute atomic E-state index is 0.277. The molecule has 1 aromatic heterocycles. The molecule has 5 heteroatoms. The number of aryl methyl sites for hydroxylation is 2. The molecule has 5 nitrogen and oxygen atoms in total. The van der Waals surface area contributed by atoms with Crippen LogP contribution in [0.3, 0.4) is 0 Å². The Kier molecular flexibility index (Phi) is 3.49. The van der Waals surface area contributed by atoms with Crippen molar-refractivity contribution >= 4 is 0 Å². The lowest BCUT2D eigenvalue weighted by Crippen LogP contribution is -2.19. The molecular formula is C12H17N5. The lowest BCUT2D eigenvalue weighted by atomic mass is 10.1. The van der Waals surface area contributed by atoms with Gasteiger partial charge in [-0.3, -0.25) is 0 Å². The zero-order valence-electron chi connectivity index (χ0n) is 10.4. The highest BCUT2D eigenvalue weighted by atomic mass is 15.6. The molecule has 0 amide bonds. The zero-order valence-corrected chi connectivity index (χ0v) is 10.4. The van der Waals surface area contributed by atoms with Crippen LogP contribution in [0.4, 0.5) is 0 Å². The fraction of sp³-hybridized carbons (Fsp3) is 0.417. The Morgan fingerprint density at radius 3 is 2.59 bits per heavy atom. The summed E-state index contributed by atoms with van der Waals surface area (Å²) in [6, 6.07) is 8.79. The largest absolute Gasteiger partial charge is 0.303 e. The lowest BCUT2D eigenvalue weighted by molar-refractivity contribution is 0.555. The fourth-order valence-corrected chi connectivity index (χ4v) is 1.61. The van der Waals surface area contributed by atoms with Gasteiger partial charge in [0.15, 0.2) is 5.82 Å². The normalized spacial score (nSPS) is 12.6. The first-order valence-electron chi connectivity index (χ1n) is 5.68. The molecule has 0 aliphatic carbocycles. The van der Waals surface area contributed by atoms with Gasteiger partial charge in [0, 0.05) is 6.04 Å². The maximum atomic E-state index is 4.12. The predicted octanol–water partition coefficient (Wildman–Crippen LogP) is 1.37. The molecule has 1 aromatic carbocycles. The standard InChI is InChI=1S/C12H17N5/c1-9-4-6-11(7-5-9)10(2)13-8-12-14-16-17(3)15-12/h4-7,10,13H,8H2,1-3H3/t10-/m0/s1. The molecule has 1 N–H and O–H groups in total. The Bertz CT molecular complexity index is 474. The topological polar surface area (TPSA) is 55.6 Å². The molecule has 0 saturated carbocycles. The van der Waals surface area contributed by atoms with Crippen LogP contribution in [0, 0.1) is 6.92 Å². The summed E-state index contributed by atoms with van der Waals surface area (Å²) in [5.74, 6) is 0.714. The van der Waals surface area contributed by atoms with Gasteiger partial charge in [-0.2, -0.15) is 4.80 Å². The zero-order chi connectivity index (χ0) is 12.3. The van der Waals surface area contributed by atoms with E-state index >= 15 is 0 Å². The molecule has 0 bridgehead atoms. The molecule has 1 atom stereocenters. The van der Waals surface area contributed by atoms with Crippen molar-refractivity contribution in [2.45, 2.75) is 26.4 Å². The van der Waals surface area contributed by atoms with Gasteiger partial charge in [0.1, 0.15) is 0 Å². The Labute approximate surface area is 101 Å². The second-order valence-electron chi connectivity index (χ2n) is 4.21. The van der Waals surface area contributed by atoms with Crippen molar-refractivity contribution in [1.29, 1.82) is 0 Å². The van der Waals surface area contributed by atoms with E-state index in [1.165, 1.54) is 15.9 Å². The van der Waals surface area contributed by atoms with Crippen molar-refractivity contribution in [1.82, 2.24) is 25.5 Å². The number of hydrogen-bond donors (Lipinski definition) is 1. The van der Waals surface area contributed by atoms with Gasteiger partial charge in [0.2, 0.25) is 0 Å². The van der Waals surface area contributed by atoms with Crippen molar-refractivity contribution < 1.29 is 0 Å². The van der Waals surface area contributed by atoms with Gasteiger partial charge >= 0.3 is 0 Å².